The van der Waals surface area contributed by atoms with Gasteiger partial charge in [-0.15, -0.1) is 11.3 Å². The van der Waals surface area contributed by atoms with E-state index in [0.29, 0.717) is 23.1 Å². The minimum absolute atomic E-state index is 0.237. The molecule has 146 valence electrons. The van der Waals surface area contributed by atoms with Crippen LogP contribution in [0.25, 0.3) is 11.3 Å². The van der Waals surface area contributed by atoms with E-state index in [0.717, 1.165) is 38.8 Å². The zero-order chi connectivity index (χ0) is 20.2. The Balaban J connectivity index is 1.42. The maximum atomic E-state index is 12.6. The van der Waals surface area contributed by atoms with Crippen LogP contribution in [0, 0.1) is 6.92 Å². The number of hydrogen-bond acceptors (Lipinski definition) is 7. The van der Waals surface area contributed by atoms with Crippen molar-refractivity contribution in [3.05, 3.63) is 75.3 Å². The first kappa shape index (κ1) is 19.7. The normalized spacial score (nSPS) is 10.7. The SMILES string of the molecule is Cc1nsnc1COc1cccc(C(=O)Nc2nc(-c3ccc(Br)cc3)cs2)c1. The number of carbonyl (C=O) groups is 1. The van der Waals surface area contributed by atoms with Crippen LogP contribution in [-0.2, 0) is 6.61 Å². The molecule has 0 aliphatic rings. The van der Waals surface area contributed by atoms with Crippen LogP contribution in [0.4, 0.5) is 5.13 Å². The second kappa shape index (κ2) is 8.81. The van der Waals surface area contributed by atoms with E-state index < -0.39 is 0 Å². The fraction of sp³-hybridized carbons (Fsp3) is 0.100. The Morgan fingerprint density at radius 3 is 2.76 bits per heavy atom. The molecule has 29 heavy (non-hydrogen) atoms. The monoisotopic (exact) mass is 486 g/mol. The molecule has 0 saturated heterocycles. The number of nitrogens with zero attached hydrogens (tertiary/aromatic N) is 3. The lowest BCUT2D eigenvalue weighted by atomic mass is 10.2. The van der Waals surface area contributed by atoms with Crippen molar-refractivity contribution in [2.45, 2.75) is 13.5 Å². The summed E-state index contributed by atoms with van der Waals surface area (Å²) in [6.45, 7) is 2.21. The molecule has 1 amide bonds. The lowest BCUT2D eigenvalue weighted by Gasteiger charge is -2.07. The molecule has 1 N–H and O–H groups in total. The molecule has 6 nitrogen and oxygen atoms in total. The summed E-state index contributed by atoms with van der Waals surface area (Å²) in [7, 11) is 0. The van der Waals surface area contributed by atoms with Crippen LogP contribution in [0.3, 0.4) is 0 Å². The van der Waals surface area contributed by atoms with Gasteiger partial charge in [0.2, 0.25) is 0 Å². The van der Waals surface area contributed by atoms with E-state index in [-0.39, 0.29) is 5.91 Å². The molecule has 2 heterocycles. The summed E-state index contributed by atoms with van der Waals surface area (Å²) in [4.78, 5) is 17.1. The van der Waals surface area contributed by atoms with Crippen molar-refractivity contribution in [1.29, 1.82) is 0 Å². The lowest BCUT2D eigenvalue weighted by Crippen LogP contribution is -2.11. The van der Waals surface area contributed by atoms with Crippen LogP contribution in [0.1, 0.15) is 21.7 Å². The van der Waals surface area contributed by atoms with Gasteiger partial charge in [-0.2, -0.15) is 8.75 Å². The number of anilines is 1. The second-order valence-electron chi connectivity index (χ2n) is 6.11. The highest BCUT2D eigenvalue weighted by molar-refractivity contribution is 9.10. The summed E-state index contributed by atoms with van der Waals surface area (Å²) in [6, 6.07) is 14.9. The standard InChI is InChI=1S/C20H15BrN4O2S2/c1-12-17(25-29-24-12)10-27-16-4-2-3-14(9-16)19(26)23-20-22-18(11-28-20)13-5-7-15(21)8-6-13/h2-9,11H,10H2,1H3,(H,22,23,26). The van der Waals surface area contributed by atoms with Gasteiger partial charge in [-0.3, -0.25) is 10.1 Å². The number of amides is 1. The molecule has 0 atom stereocenters. The number of aromatic nitrogens is 3. The average molecular weight is 487 g/mol. The molecule has 2 aromatic carbocycles. The summed E-state index contributed by atoms with van der Waals surface area (Å²) in [5.74, 6) is 0.360. The molecule has 4 aromatic rings. The molecular formula is C20H15BrN4O2S2. The Bertz CT molecular complexity index is 1140. The summed E-state index contributed by atoms with van der Waals surface area (Å²) >= 11 is 5.97. The highest BCUT2D eigenvalue weighted by Gasteiger charge is 2.12. The molecule has 0 bridgehead atoms. The van der Waals surface area contributed by atoms with Gasteiger partial charge in [0.15, 0.2) is 5.13 Å². The molecule has 0 radical (unpaired) electrons. The van der Waals surface area contributed by atoms with Crippen molar-refractivity contribution in [2.75, 3.05) is 5.32 Å². The highest BCUT2D eigenvalue weighted by Crippen LogP contribution is 2.26. The smallest absolute Gasteiger partial charge is 0.257 e. The summed E-state index contributed by atoms with van der Waals surface area (Å²) < 4.78 is 15.1. The van der Waals surface area contributed by atoms with Crippen LogP contribution < -0.4 is 10.1 Å². The van der Waals surface area contributed by atoms with Crippen molar-refractivity contribution >= 4 is 50.0 Å². The molecule has 0 spiro atoms. The Morgan fingerprint density at radius 2 is 2.00 bits per heavy atom. The Hall–Kier alpha value is -2.62. The third kappa shape index (κ3) is 4.87. The van der Waals surface area contributed by atoms with Crippen molar-refractivity contribution < 1.29 is 9.53 Å². The van der Waals surface area contributed by atoms with E-state index >= 15 is 0 Å². The van der Waals surface area contributed by atoms with Gasteiger partial charge in [-0.05, 0) is 37.3 Å². The molecule has 0 fully saturated rings. The number of hydrogen-bond donors (Lipinski definition) is 1. The molecule has 0 unspecified atom stereocenters. The molecule has 9 heteroatoms. The third-order valence-electron chi connectivity index (χ3n) is 4.08. The summed E-state index contributed by atoms with van der Waals surface area (Å²) in [6.07, 6.45) is 0. The number of aryl methyl sites for hydroxylation is 1. The molecule has 4 rings (SSSR count). The van der Waals surface area contributed by atoms with Gasteiger partial charge in [0.25, 0.3) is 5.91 Å². The molecule has 0 aliphatic carbocycles. The van der Waals surface area contributed by atoms with Gasteiger partial charge in [-0.25, -0.2) is 4.98 Å². The third-order valence-corrected chi connectivity index (χ3v) is 6.03. The van der Waals surface area contributed by atoms with Crippen molar-refractivity contribution in [3.8, 4) is 17.0 Å². The van der Waals surface area contributed by atoms with Crippen molar-refractivity contribution in [1.82, 2.24) is 13.7 Å². The zero-order valence-electron chi connectivity index (χ0n) is 15.3. The van der Waals surface area contributed by atoms with Gasteiger partial charge in [-0.1, -0.05) is 34.1 Å². The van der Waals surface area contributed by atoms with Crippen molar-refractivity contribution in [2.24, 2.45) is 0 Å². The zero-order valence-corrected chi connectivity index (χ0v) is 18.5. The van der Waals surface area contributed by atoms with E-state index in [1.54, 1.807) is 24.3 Å². The van der Waals surface area contributed by atoms with E-state index in [2.05, 4.69) is 35.0 Å². The fourth-order valence-electron chi connectivity index (χ4n) is 2.51. The topological polar surface area (TPSA) is 77.0 Å². The van der Waals surface area contributed by atoms with E-state index in [4.69, 9.17) is 4.74 Å². The molecular weight excluding hydrogens is 472 g/mol. The predicted octanol–water partition coefficient (Wildman–Crippen LogP) is 5.56. The van der Waals surface area contributed by atoms with E-state index in [9.17, 15) is 4.79 Å². The number of rotatable bonds is 6. The van der Waals surface area contributed by atoms with E-state index in [1.807, 2.05) is 36.6 Å². The first-order valence-corrected chi connectivity index (χ1v) is 11.0. The maximum Gasteiger partial charge on any atom is 0.257 e. The second-order valence-corrected chi connectivity index (χ2v) is 8.41. The number of thiazole rings is 1. The fourth-order valence-corrected chi connectivity index (χ4v) is 4.04. The van der Waals surface area contributed by atoms with Crippen molar-refractivity contribution in [3.63, 3.8) is 0 Å². The highest BCUT2D eigenvalue weighted by atomic mass is 79.9. The largest absolute Gasteiger partial charge is 0.487 e. The number of carbonyl (C=O) groups excluding carboxylic acids is 1. The van der Waals surface area contributed by atoms with Gasteiger partial charge in [0, 0.05) is 21.0 Å². The number of nitrogens with one attached hydrogen (secondary N) is 1. The van der Waals surface area contributed by atoms with Crippen LogP contribution in [-0.4, -0.2) is 19.6 Å². The number of halogens is 1. The van der Waals surface area contributed by atoms with Crippen LogP contribution >= 0.6 is 39.0 Å². The summed E-state index contributed by atoms with van der Waals surface area (Å²) in [5, 5.41) is 5.31. The molecule has 0 aliphatic heterocycles. The van der Waals surface area contributed by atoms with Gasteiger partial charge in [0.05, 0.1) is 23.1 Å². The van der Waals surface area contributed by atoms with Crippen LogP contribution in [0.5, 0.6) is 5.75 Å². The summed E-state index contributed by atoms with van der Waals surface area (Å²) in [5.41, 5.74) is 3.97. The van der Waals surface area contributed by atoms with Crippen LogP contribution in [0.2, 0.25) is 0 Å². The maximum absolute atomic E-state index is 12.6. The minimum Gasteiger partial charge on any atom is -0.487 e. The van der Waals surface area contributed by atoms with Gasteiger partial charge < -0.3 is 4.74 Å². The van der Waals surface area contributed by atoms with E-state index in [1.165, 1.54) is 11.3 Å². The Labute approximate surface area is 184 Å². The first-order valence-electron chi connectivity index (χ1n) is 8.62. The van der Waals surface area contributed by atoms with Gasteiger partial charge >= 0.3 is 0 Å². The predicted molar refractivity (Wildman–Crippen MR) is 119 cm³/mol. The number of ether oxygens (including phenoxy) is 1. The minimum atomic E-state index is -0.237. The lowest BCUT2D eigenvalue weighted by molar-refractivity contribution is 0.102. The van der Waals surface area contributed by atoms with Gasteiger partial charge in [0.1, 0.15) is 18.1 Å². The molecule has 0 saturated carbocycles. The first-order chi connectivity index (χ1) is 14.1. The Kier molecular flexibility index (Phi) is 5.98. The average Bonchev–Trinajstić information content (AvgIpc) is 3.36. The number of benzene rings is 2. The van der Waals surface area contributed by atoms with Crippen LogP contribution in [0.15, 0.2) is 58.4 Å². The quantitative estimate of drug-likeness (QED) is 0.385. The molecule has 2 aromatic heterocycles. The Morgan fingerprint density at radius 1 is 1.17 bits per heavy atom.